The number of carboxylic acid groups (broad SMARTS) is 1. The van der Waals surface area contributed by atoms with Crippen molar-refractivity contribution in [2.45, 2.75) is 38.1 Å². The summed E-state index contributed by atoms with van der Waals surface area (Å²) in [5, 5.41) is 27.3. The predicted octanol–water partition coefficient (Wildman–Crippen LogP) is 1.45. The van der Waals surface area contributed by atoms with E-state index in [-0.39, 0.29) is 17.2 Å². The average molecular weight is 268 g/mol. The van der Waals surface area contributed by atoms with Crippen molar-refractivity contribution in [2.75, 3.05) is 5.32 Å². The number of aromatic nitrogens is 2. The molecule has 0 amide bonds. The molecule has 1 aliphatic carbocycles. The molecule has 0 saturated heterocycles. The van der Waals surface area contributed by atoms with Crippen LogP contribution in [0.1, 0.15) is 31.4 Å². The molecule has 1 fully saturated rings. The Morgan fingerprint density at radius 2 is 2.11 bits per heavy atom. The van der Waals surface area contributed by atoms with E-state index in [2.05, 4.69) is 10.4 Å². The van der Waals surface area contributed by atoms with Gasteiger partial charge in [-0.3, -0.25) is 10.1 Å². The van der Waals surface area contributed by atoms with Gasteiger partial charge in [0.25, 0.3) is 0 Å². The van der Waals surface area contributed by atoms with Gasteiger partial charge in [-0.05, 0) is 19.8 Å². The third kappa shape index (κ3) is 2.13. The van der Waals surface area contributed by atoms with Gasteiger partial charge in [0.05, 0.1) is 4.92 Å². The van der Waals surface area contributed by atoms with Gasteiger partial charge in [-0.25, -0.2) is 9.48 Å². The van der Waals surface area contributed by atoms with E-state index in [4.69, 9.17) is 0 Å². The molecule has 8 nitrogen and oxygen atoms in total. The highest BCUT2D eigenvalue weighted by atomic mass is 16.6. The van der Waals surface area contributed by atoms with Gasteiger partial charge < -0.3 is 10.4 Å². The van der Waals surface area contributed by atoms with Gasteiger partial charge in [0, 0.05) is 7.05 Å². The number of nitrogens with one attached hydrogen (secondary N) is 1. The van der Waals surface area contributed by atoms with Gasteiger partial charge in [-0.1, -0.05) is 12.8 Å². The minimum atomic E-state index is -1.12. The number of aliphatic carboxylic acids is 1. The zero-order chi connectivity index (χ0) is 14.2. The molecular formula is C11H16N4O4. The second-order valence-corrected chi connectivity index (χ2v) is 4.88. The van der Waals surface area contributed by atoms with E-state index in [0.29, 0.717) is 12.8 Å². The first-order valence-corrected chi connectivity index (χ1v) is 6.07. The molecule has 1 heterocycles. The van der Waals surface area contributed by atoms with Gasteiger partial charge in [-0.15, -0.1) is 0 Å². The van der Waals surface area contributed by atoms with Crippen molar-refractivity contribution in [1.82, 2.24) is 9.78 Å². The molecule has 0 spiro atoms. The maximum absolute atomic E-state index is 11.5. The second-order valence-electron chi connectivity index (χ2n) is 4.88. The highest BCUT2D eigenvalue weighted by molar-refractivity contribution is 5.84. The predicted molar refractivity (Wildman–Crippen MR) is 67.1 cm³/mol. The number of hydrogen-bond donors (Lipinski definition) is 2. The van der Waals surface area contributed by atoms with E-state index in [9.17, 15) is 20.0 Å². The molecule has 1 saturated carbocycles. The number of carbonyl (C=O) groups is 1. The zero-order valence-corrected chi connectivity index (χ0v) is 10.8. The topological polar surface area (TPSA) is 110 Å². The molecule has 1 aromatic heterocycles. The van der Waals surface area contributed by atoms with E-state index < -0.39 is 16.4 Å². The van der Waals surface area contributed by atoms with Crippen LogP contribution in [0.4, 0.5) is 11.5 Å². The first-order valence-electron chi connectivity index (χ1n) is 6.07. The van der Waals surface area contributed by atoms with Crippen LogP contribution in [0.2, 0.25) is 0 Å². The molecule has 104 valence electrons. The molecule has 2 N–H and O–H groups in total. The van der Waals surface area contributed by atoms with Gasteiger partial charge in [-0.2, -0.15) is 5.10 Å². The Hall–Kier alpha value is -2.12. The molecule has 0 atom stereocenters. The number of aryl methyl sites for hydroxylation is 2. The van der Waals surface area contributed by atoms with Crippen molar-refractivity contribution >= 4 is 17.5 Å². The van der Waals surface area contributed by atoms with Crippen LogP contribution in [0.25, 0.3) is 0 Å². The number of hydrogen-bond acceptors (Lipinski definition) is 5. The van der Waals surface area contributed by atoms with Crippen molar-refractivity contribution in [3.05, 3.63) is 15.8 Å². The lowest BCUT2D eigenvalue weighted by atomic mass is 9.98. The first kappa shape index (κ1) is 13.3. The van der Waals surface area contributed by atoms with Crippen LogP contribution in [0.5, 0.6) is 0 Å². The number of nitrogens with zero attached hydrogens (tertiary/aromatic N) is 3. The fraction of sp³-hybridized carbons (Fsp3) is 0.636. The molecule has 8 heteroatoms. The Kier molecular flexibility index (Phi) is 3.17. The Labute approximate surface area is 109 Å². The minimum Gasteiger partial charge on any atom is -0.480 e. The molecular weight excluding hydrogens is 252 g/mol. The SMILES string of the molecule is Cc1nn(C)c(NC2(C(=O)O)CCCC2)c1[N+](=O)[O-]. The van der Waals surface area contributed by atoms with E-state index in [0.717, 1.165) is 12.8 Å². The van der Waals surface area contributed by atoms with Crippen LogP contribution in [0, 0.1) is 17.0 Å². The summed E-state index contributed by atoms with van der Waals surface area (Å²) in [6, 6.07) is 0. The second kappa shape index (κ2) is 4.52. The Morgan fingerprint density at radius 3 is 2.58 bits per heavy atom. The standard InChI is InChI=1S/C11H16N4O4/c1-7-8(15(18)19)9(14(2)13-7)12-11(10(16)17)5-3-4-6-11/h12H,3-6H2,1-2H3,(H,16,17). The summed E-state index contributed by atoms with van der Waals surface area (Å²) in [7, 11) is 1.56. The Bertz CT molecular complexity index is 531. The maximum Gasteiger partial charge on any atom is 0.333 e. The monoisotopic (exact) mass is 268 g/mol. The van der Waals surface area contributed by atoms with Crippen LogP contribution >= 0.6 is 0 Å². The number of rotatable bonds is 4. The summed E-state index contributed by atoms with van der Waals surface area (Å²) in [4.78, 5) is 22.0. The van der Waals surface area contributed by atoms with Crippen LogP contribution in [-0.2, 0) is 11.8 Å². The molecule has 0 aliphatic heterocycles. The molecule has 0 unspecified atom stereocenters. The van der Waals surface area contributed by atoms with E-state index >= 15 is 0 Å². The molecule has 1 aromatic rings. The Balaban J connectivity index is 2.43. The Morgan fingerprint density at radius 1 is 1.53 bits per heavy atom. The van der Waals surface area contributed by atoms with Gasteiger partial charge in [0.1, 0.15) is 11.2 Å². The lowest BCUT2D eigenvalue weighted by molar-refractivity contribution is -0.384. The number of carboxylic acids is 1. The molecule has 0 bridgehead atoms. The number of nitro groups is 1. The van der Waals surface area contributed by atoms with Crippen molar-refractivity contribution in [3.63, 3.8) is 0 Å². The average Bonchev–Trinajstić information content (AvgIpc) is 2.86. The molecule has 0 radical (unpaired) electrons. The fourth-order valence-electron chi connectivity index (χ4n) is 2.60. The lowest BCUT2D eigenvalue weighted by Gasteiger charge is -2.25. The zero-order valence-electron chi connectivity index (χ0n) is 10.8. The van der Waals surface area contributed by atoms with Gasteiger partial charge in [0.15, 0.2) is 0 Å². The fourth-order valence-corrected chi connectivity index (χ4v) is 2.60. The summed E-state index contributed by atoms with van der Waals surface area (Å²) in [6.07, 6.45) is 2.52. The van der Waals surface area contributed by atoms with Crippen LogP contribution in [0.3, 0.4) is 0 Å². The third-order valence-electron chi connectivity index (χ3n) is 3.60. The maximum atomic E-state index is 11.5. The quantitative estimate of drug-likeness (QED) is 0.631. The van der Waals surface area contributed by atoms with Gasteiger partial charge in [0.2, 0.25) is 5.82 Å². The summed E-state index contributed by atoms with van der Waals surface area (Å²) in [5.41, 5.74) is -1.01. The molecule has 0 aromatic carbocycles. The van der Waals surface area contributed by atoms with Crippen LogP contribution in [0.15, 0.2) is 0 Å². The van der Waals surface area contributed by atoms with E-state index in [1.807, 2.05) is 0 Å². The van der Waals surface area contributed by atoms with Crippen LogP contribution in [-0.4, -0.2) is 31.3 Å². The van der Waals surface area contributed by atoms with Crippen molar-refractivity contribution in [2.24, 2.45) is 7.05 Å². The largest absolute Gasteiger partial charge is 0.480 e. The highest BCUT2D eigenvalue weighted by Crippen LogP contribution is 2.37. The summed E-state index contributed by atoms with van der Waals surface area (Å²) in [6.45, 7) is 1.53. The molecule has 2 rings (SSSR count). The van der Waals surface area contributed by atoms with Crippen molar-refractivity contribution in [1.29, 1.82) is 0 Å². The first-order chi connectivity index (χ1) is 8.87. The van der Waals surface area contributed by atoms with Crippen molar-refractivity contribution < 1.29 is 14.8 Å². The smallest absolute Gasteiger partial charge is 0.333 e. The molecule has 1 aliphatic rings. The normalized spacial score (nSPS) is 17.4. The van der Waals surface area contributed by atoms with E-state index in [1.165, 1.54) is 11.6 Å². The van der Waals surface area contributed by atoms with Crippen LogP contribution < -0.4 is 5.32 Å². The minimum absolute atomic E-state index is 0.157. The number of anilines is 1. The van der Waals surface area contributed by atoms with Crippen molar-refractivity contribution in [3.8, 4) is 0 Å². The van der Waals surface area contributed by atoms with E-state index in [1.54, 1.807) is 7.05 Å². The summed E-state index contributed by atoms with van der Waals surface area (Å²) in [5.74, 6) is -0.815. The lowest BCUT2D eigenvalue weighted by Crippen LogP contribution is -2.44. The third-order valence-corrected chi connectivity index (χ3v) is 3.60. The molecule has 19 heavy (non-hydrogen) atoms. The van der Waals surface area contributed by atoms with Gasteiger partial charge >= 0.3 is 11.7 Å². The summed E-state index contributed by atoms with van der Waals surface area (Å²) >= 11 is 0. The highest BCUT2D eigenvalue weighted by Gasteiger charge is 2.43. The summed E-state index contributed by atoms with van der Waals surface area (Å²) < 4.78 is 1.33.